The van der Waals surface area contributed by atoms with Gasteiger partial charge in [-0.2, -0.15) is 0 Å². The fourth-order valence-corrected chi connectivity index (χ4v) is 7.11. The number of aliphatic hydroxyl groups is 1. The van der Waals surface area contributed by atoms with E-state index in [1.165, 1.54) is 10.9 Å². The van der Waals surface area contributed by atoms with Crippen LogP contribution in [0.25, 0.3) is 32.8 Å². The zero-order chi connectivity index (χ0) is 29.0. The van der Waals surface area contributed by atoms with Crippen LogP contribution in [0.5, 0.6) is 0 Å². The van der Waals surface area contributed by atoms with Crippen molar-refractivity contribution in [3.63, 3.8) is 0 Å². The molecule has 4 aromatic carbocycles. The number of fused-ring (bicyclic) bond motifs is 6. The first-order valence-electron chi connectivity index (χ1n) is 14.6. The van der Waals surface area contributed by atoms with Crippen LogP contribution in [0.2, 0.25) is 0 Å². The van der Waals surface area contributed by atoms with Gasteiger partial charge in [-0.25, -0.2) is 4.79 Å². The molecule has 42 heavy (non-hydrogen) atoms. The number of aliphatic hydroxyl groups excluding tert-OH is 1. The van der Waals surface area contributed by atoms with E-state index in [0.717, 1.165) is 39.5 Å². The first-order chi connectivity index (χ1) is 20.4. The highest BCUT2D eigenvalue weighted by Crippen LogP contribution is 2.44. The molecule has 0 bridgehead atoms. The number of anilines is 1. The molecule has 212 valence electrons. The van der Waals surface area contributed by atoms with Gasteiger partial charge in [-0.05, 0) is 42.3 Å². The number of benzene rings is 4. The Morgan fingerprint density at radius 2 is 1.69 bits per heavy atom. The minimum atomic E-state index is -0.898. The van der Waals surface area contributed by atoms with Gasteiger partial charge < -0.3 is 25.2 Å². The predicted octanol–water partition coefficient (Wildman–Crippen LogP) is 6.35. The van der Waals surface area contributed by atoms with E-state index >= 15 is 0 Å². The number of amides is 3. The Bertz CT molecular complexity index is 1810. The maximum absolute atomic E-state index is 14.0. The van der Waals surface area contributed by atoms with Crippen molar-refractivity contribution in [2.45, 2.75) is 38.0 Å². The van der Waals surface area contributed by atoms with Crippen LogP contribution < -0.4 is 5.32 Å². The van der Waals surface area contributed by atoms with Crippen LogP contribution in [0.1, 0.15) is 30.6 Å². The van der Waals surface area contributed by atoms with E-state index in [-0.39, 0.29) is 18.0 Å². The smallest absolute Gasteiger partial charge is 0.321 e. The molecule has 3 heterocycles. The number of carbonyl (C=O) groups is 2. The van der Waals surface area contributed by atoms with Crippen LogP contribution >= 0.6 is 0 Å². The number of aromatic amines is 1. The zero-order valence-electron chi connectivity index (χ0n) is 23.7. The van der Waals surface area contributed by atoms with Crippen LogP contribution in [0.4, 0.5) is 10.5 Å². The van der Waals surface area contributed by atoms with Gasteiger partial charge in [0, 0.05) is 41.7 Å². The van der Waals surface area contributed by atoms with Crippen LogP contribution in [0, 0.1) is 5.92 Å². The van der Waals surface area contributed by atoms with Crippen molar-refractivity contribution in [1.82, 2.24) is 14.8 Å². The molecular formula is C35H34N4O3. The third kappa shape index (κ3) is 4.23. The van der Waals surface area contributed by atoms with Gasteiger partial charge >= 0.3 is 6.03 Å². The van der Waals surface area contributed by atoms with Crippen molar-refractivity contribution in [3.05, 3.63) is 102 Å². The number of carbonyl (C=O) groups excluding carboxylic acids is 2. The molecule has 2 aliphatic rings. The van der Waals surface area contributed by atoms with Crippen molar-refractivity contribution in [3.8, 4) is 11.1 Å². The third-order valence-electron chi connectivity index (χ3n) is 9.19. The molecule has 1 saturated heterocycles. The molecule has 0 radical (unpaired) electrons. The second-order valence-corrected chi connectivity index (χ2v) is 11.5. The lowest BCUT2D eigenvalue weighted by Gasteiger charge is -2.48. The monoisotopic (exact) mass is 558 g/mol. The average molecular weight is 559 g/mol. The molecule has 5 aromatic rings. The van der Waals surface area contributed by atoms with Gasteiger partial charge in [0.25, 0.3) is 0 Å². The number of urea groups is 1. The van der Waals surface area contributed by atoms with Gasteiger partial charge in [0.15, 0.2) is 0 Å². The van der Waals surface area contributed by atoms with Crippen molar-refractivity contribution in [2.75, 3.05) is 18.9 Å². The van der Waals surface area contributed by atoms with E-state index < -0.39 is 18.1 Å². The molecule has 1 aromatic heterocycles. The summed E-state index contributed by atoms with van der Waals surface area (Å²) in [6.45, 7) is 2.23. The van der Waals surface area contributed by atoms with E-state index in [1.54, 1.807) is 18.9 Å². The molecular weight excluding hydrogens is 524 g/mol. The largest absolute Gasteiger partial charge is 0.393 e. The van der Waals surface area contributed by atoms with E-state index in [0.29, 0.717) is 18.7 Å². The molecule has 4 atom stereocenters. The summed E-state index contributed by atoms with van der Waals surface area (Å²) < 4.78 is 0. The van der Waals surface area contributed by atoms with Crippen LogP contribution in [-0.2, 0) is 11.2 Å². The Morgan fingerprint density at radius 3 is 2.50 bits per heavy atom. The number of hydrogen-bond acceptors (Lipinski definition) is 3. The number of para-hydroxylation sites is 1. The quantitative estimate of drug-likeness (QED) is 0.240. The Labute approximate surface area is 244 Å². The first-order valence-corrected chi connectivity index (χ1v) is 14.6. The van der Waals surface area contributed by atoms with E-state index in [2.05, 4.69) is 40.6 Å². The summed E-state index contributed by atoms with van der Waals surface area (Å²) in [7, 11) is 1.73. The number of aromatic nitrogens is 1. The van der Waals surface area contributed by atoms with Crippen molar-refractivity contribution >= 4 is 39.3 Å². The zero-order valence-corrected chi connectivity index (χ0v) is 23.7. The Balaban J connectivity index is 1.24. The maximum atomic E-state index is 14.0. The number of nitrogens with one attached hydrogen (secondary N) is 2. The van der Waals surface area contributed by atoms with E-state index in [4.69, 9.17) is 0 Å². The summed E-state index contributed by atoms with van der Waals surface area (Å²) in [4.78, 5) is 34.9. The normalized spacial score (nSPS) is 20.7. The Hall–Kier alpha value is -4.62. The SMILES string of the molecule is C[C@H](O)[C@@H]1C(=O)N2CCc3c([nH]c4c(-c5ccccc5)cccc34)[C@@H]2C[C@@H]1N(C)C(=O)Nc1cccc2ccccc12. The second-order valence-electron chi connectivity index (χ2n) is 11.5. The van der Waals surface area contributed by atoms with E-state index in [9.17, 15) is 14.7 Å². The summed E-state index contributed by atoms with van der Waals surface area (Å²) in [5.74, 6) is -0.820. The number of nitrogens with zero attached hydrogens (tertiary/aromatic N) is 2. The average Bonchev–Trinajstić information content (AvgIpc) is 3.40. The van der Waals surface area contributed by atoms with Crippen molar-refractivity contribution < 1.29 is 14.7 Å². The van der Waals surface area contributed by atoms with Gasteiger partial charge in [-0.15, -0.1) is 0 Å². The molecule has 7 heteroatoms. The van der Waals surface area contributed by atoms with Crippen LogP contribution in [-0.4, -0.2) is 57.6 Å². The number of rotatable bonds is 4. The Kier molecular flexibility index (Phi) is 6.47. The fourth-order valence-electron chi connectivity index (χ4n) is 7.11. The molecule has 0 unspecified atom stereocenters. The lowest BCUT2D eigenvalue weighted by molar-refractivity contribution is -0.151. The molecule has 0 aliphatic carbocycles. The molecule has 3 N–H and O–H groups in total. The van der Waals surface area contributed by atoms with Gasteiger partial charge in [0.2, 0.25) is 5.91 Å². The highest BCUT2D eigenvalue weighted by Gasteiger charge is 2.49. The second kappa shape index (κ2) is 10.3. The predicted molar refractivity (Wildman–Crippen MR) is 166 cm³/mol. The highest BCUT2D eigenvalue weighted by molar-refractivity contribution is 6.02. The first kappa shape index (κ1) is 26.3. The minimum Gasteiger partial charge on any atom is -0.393 e. The lowest BCUT2D eigenvalue weighted by atomic mass is 9.79. The Morgan fingerprint density at radius 1 is 0.976 bits per heavy atom. The maximum Gasteiger partial charge on any atom is 0.321 e. The standard InChI is InChI=1S/C35H34N4O3/c1-21(40)31-29(38(2)35(42)36-28-17-8-13-22-12-6-7-14-24(22)28)20-30-33-27(18-19-39(30)34(31)41)26-16-9-15-25(32(26)37-33)23-10-4-3-5-11-23/h3-17,21,29-31,37,40H,18-20H2,1-2H3,(H,36,42)/t21-,29-,30-,31-/m0/s1. The molecule has 1 fully saturated rings. The molecule has 3 amide bonds. The molecule has 0 spiro atoms. The number of H-pyrrole nitrogens is 1. The summed E-state index contributed by atoms with van der Waals surface area (Å²) in [6, 6.07) is 29.4. The fraction of sp³-hybridized carbons (Fsp3) is 0.257. The van der Waals surface area contributed by atoms with E-state index in [1.807, 2.05) is 65.6 Å². The summed E-state index contributed by atoms with van der Waals surface area (Å²) >= 11 is 0. The minimum absolute atomic E-state index is 0.108. The topological polar surface area (TPSA) is 88.7 Å². The molecule has 2 aliphatic heterocycles. The van der Waals surface area contributed by atoms with Gasteiger partial charge in [-0.1, -0.05) is 84.9 Å². The summed E-state index contributed by atoms with van der Waals surface area (Å²) in [5.41, 5.74) is 6.31. The summed E-state index contributed by atoms with van der Waals surface area (Å²) in [5, 5.41) is 17.1. The van der Waals surface area contributed by atoms with Gasteiger partial charge in [0.05, 0.1) is 29.3 Å². The van der Waals surface area contributed by atoms with Crippen molar-refractivity contribution in [2.24, 2.45) is 5.92 Å². The van der Waals surface area contributed by atoms with Crippen LogP contribution in [0.3, 0.4) is 0 Å². The number of hydrogen-bond donors (Lipinski definition) is 3. The van der Waals surface area contributed by atoms with Crippen molar-refractivity contribution in [1.29, 1.82) is 0 Å². The lowest BCUT2D eigenvalue weighted by Crippen LogP contribution is -2.60. The van der Waals surface area contributed by atoms with Gasteiger partial charge in [0.1, 0.15) is 0 Å². The summed E-state index contributed by atoms with van der Waals surface area (Å²) in [6.07, 6.45) is 0.371. The highest BCUT2D eigenvalue weighted by atomic mass is 16.3. The molecule has 7 rings (SSSR count). The molecule has 0 saturated carbocycles. The van der Waals surface area contributed by atoms with Crippen LogP contribution in [0.15, 0.2) is 91.0 Å². The number of piperidine rings is 1. The molecule has 7 nitrogen and oxygen atoms in total. The third-order valence-corrected chi connectivity index (χ3v) is 9.19. The van der Waals surface area contributed by atoms with Gasteiger partial charge in [-0.3, -0.25) is 4.79 Å².